The SMILES string of the molecule is Cc1nc(CN2CC(=O)NC(CC(C)C)C2=O)oc1C. The van der Waals surface area contributed by atoms with Crippen LogP contribution in [0.5, 0.6) is 0 Å². The van der Waals surface area contributed by atoms with Crippen molar-refractivity contribution in [3.63, 3.8) is 0 Å². The summed E-state index contributed by atoms with van der Waals surface area (Å²) in [6.45, 7) is 8.05. The molecule has 0 aliphatic carbocycles. The molecule has 1 aromatic rings. The number of nitrogens with one attached hydrogen (secondary N) is 1. The fourth-order valence-corrected chi connectivity index (χ4v) is 2.31. The maximum absolute atomic E-state index is 12.3. The van der Waals surface area contributed by atoms with E-state index in [4.69, 9.17) is 4.42 Å². The molecule has 0 saturated carbocycles. The molecule has 2 heterocycles. The minimum absolute atomic E-state index is 0.0631. The number of amides is 2. The highest BCUT2D eigenvalue weighted by Crippen LogP contribution is 2.15. The average Bonchev–Trinajstić information content (AvgIpc) is 2.63. The number of carbonyl (C=O) groups is 2. The van der Waals surface area contributed by atoms with Crippen molar-refractivity contribution in [2.45, 2.75) is 46.7 Å². The second-order valence-corrected chi connectivity index (χ2v) is 5.69. The summed E-state index contributed by atoms with van der Waals surface area (Å²) in [6, 6.07) is -0.437. The van der Waals surface area contributed by atoms with Gasteiger partial charge in [0.1, 0.15) is 18.3 Å². The van der Waals surface area contributed by atoms with Crippen molar-refractivity contribution in [2.24, 2.45) is 5.92 Å². The molecule has 6 nitrogen and oxygen atoms in total. The molecule has 1 unspecified atom stereocenters. The van der Waals surface area contributed by atoms with Crippen LogP contribution >= 0.6 is 0 Å². The number of rotatable bonds is 4. The number of oxazole rings is 1. The molecule has 1 atom stereocenters. The molecule has 2 rings (SSSR count). The molecule has 110 valence electrons. The van der Waals surface area contributed by atoms with E-state index in [0.29, 0.717) is 18.2 Å². The predicted molar refractivity (Wildman–Crippen MR) is 72.8 cm³/mol. The van der Waals surface area contributed by atoms with Gasteiger partial charge in [-0.3, -0.25) is 9.59 Å². The zero-order chi connectivity index (χ0) is 14.9. The molecule has 1 aliphatic rings. The van der Waals surface area contributed by atoms with Gasteiger partial charge in [0, 0.05) is 0 Å². The van der Waals surface area contributed by atoms with Crippen LogP contribution in [0, 0.1) is 19.8 Å². The van der Waals surface area contributed by atoms with Crippen LogP contribution in [0.3, 0.4) is 0 Å². The highest BCUT2D eigenvalue weighted by atomic mass is 16.4. The van der Waals surface area contributed by atoms with Crippen LogP contribution in [0.4, 0.5) is 0 Å². The summed E-state index contributed by atoms with van der Waals surface area (Å²) in [7, 11) is 0. The first kappa shape index (κ1) is 14.6. The first-order valence-electron chi connectivity index (χ1n) is 6.88. The largest absolute Gasteiger partial charge is 0.444 e. The van der Waals surface area contributed by atoms with Gasteiger partial charge >= 0.3 is 0 Å². The monoisotopic (exact) mass is 279 g/mol. The van der Waals surface area contributed by atoms with Crippen LogP contribution in [0.25, 0.3) is 0 Å². The van der Waals surface area contributed by atoms with E-state index in [-0.39, 0.29) is 24.9 Å². The average molecular weight is 279 g/mol. The molecule has 1 aliphatic heterocycles. The maximum Gasteiger partial charge on any atom is 0.246 e. The second-order valence-electron chi connectivity index (χ2n) is 5.69. The quantitative estimate of drug-likeness (QED) is 0.897. The van der Waals surface area contributed by atoms with Crippen LogP contribution in [0.1, 0.15) is 37.6 Å². The second kappa shape index (κ2) is 5.64. The van der Waals surface area contributed by atoms with Gasteiger partial charge in [-0.05, 0) is 26.2 Å². The van der Waals surface area contributed by atoms with Gasteiger partial charge in [0.15, 0.2) is 0 Å². The van der Waals surface area contributed by atoms with Gasteiger partial charge < -0.3 is 14.6 Å². The Balaban J connectivity index is 2.09. The Labute approximate surface area is 118 Å². The lowest BCUT2D eigenvalue weighted by molar-refractivity contribution is -0.145. The van der Waals surface area contributed by atoms with E-state index in [2.05, 4.69) is 10.3 Å². The number of nitrogens with zero attached hydrogens (tertiary/aromatic N) is 2. The number of carbonyl (C=O) groups excluding carboxylic acids is 2. The highest BCUT2D eigenvalue weighted by Gasteiger charge is 2.33. The predicted octanol–water partition coefficient (Wildman–Crippen LogP) is 1.16. The Kier molecular flexibility index (Phi) is 4.11. The number of hydrogen-bond acceptors (Lipinski definition) is 4. The van der Waals surface area contributed by atoms with E-state index in [9.17, 15) is 9.59 Å². The van der Waals surface area contributed by atoms with Crippen molar-refractivity contribution < 1.29 is 14.0 Å². The summed E-state index contributed by atoms with van der Waals surface area (Å²) in [4.78, 5) is 29.8. The lowest BCUT2D eigenvalue weighted by Gasteiger charge is -2.32. The van der Waals surface area contributed by atoms with Gasteiger partial charge in [-0.1, -0.05) is 13.8 Å². The molecule has 0 bridgehead atoms. The van der Waals surface area contributed by atoms with Gasteiger partial charge in [-0.15, -0.1) is 0 Å². The number of piperazine rings is 1. The Morgan fingerprint density at radius 1 is 1.40 bits per heavy atom. The fourth-order valence-electron chi connectivity index (χ4n) is 2.31. The van der Waals surface area contributed by atoms with E-state index in [1.54, 1.807) is 0 Å². The first-order valence-corrected chi connectivity index (χ1v) is 6.88. The third-order valence-corrected chi connectivity index (χ3v) is 3.39. The highest BCUT2D eigenvalue weighted by molar-refractivity contribution is 5.94. The topological polar surface area (TPSA) is 75.4 Å². The Morgan fingerprint density at radius 2 is 2.10 bits per heavy atom. The molecule has 6 heteroatoms. The van der Waals surface area contributed by atoms with Gasteiger partial charge in [0.2, 0.25) is 17.7 Å². The van der Waals surface area contributed by atoms with E-state index in [0.717, 1.165) is 11.5 Å². The Bertz CT molecular complexity index is 502. The molecule has 1 N–H and O–H groups in total. The smallest absolute Gasteiger partial charge is 0.246 e. The summed E-state index contributed by atoms with van der Waals surface area (Å²) >= 11 is 0. The molecule has 0 radical (unpaired) electrons. The summed E-state index contributed by atoms with van der Waals surface area (Å²) < 4.78 is 5.48. The molecule has 0 aromatic carbocycles. The Morgan fingerprint density at radius 3 is 2.65 bits per heavy atom. The van der Waals surface area contributed by atoms with Crippen molar-refractivity contribution in [3.8, 4) is 0 Å². The lowest BCUT2D eigenvalue weighted by atomic mass is 10.0. The molecule has 1 aromatic heterocycles. The molecular formula is C14H21N3O3. The van der Waals surface area contributed by atoms with Gasteiger partial charge in [0.05, 0.1) is 12.2 Å². The summed E-state index contributed by atoms with van der Waals surface area (Å²) in [5.41, 5.74) is 0.813. The summed E-state index contributed by atoms with van der Waals surface area (Å²) in [5, 5.41) is 2.75. The molecule has 20 heavy (non-hydrogen) atoms. The van der Waals surface area contributed by atoms with E-state index >= 15 is 0 Å². The summed E-state index contributed by atoms with van der Waals surface area (Å²) in [6.07, 6.45) is 0.644. The normalized spacial score (nSPS) is 19.6. The fraction of sp³-hybridized carbons (Fsp3) is 0.643. The van der Waals surface area contributed by atoms with Crippen molar-refractivity contribution in [1.82, 2.24) is 15.2 Å². The van der Waals surface area contributed by atoms with Gasteiger partial charge in [-0.25, -0.2) is 4.98 Å². The first-order chi connectivity index (χ1) is 9.36. The molecule has 1 saturated heterocycles. The number of aryl methyl sites for hydroxylation is 2. The van der Waals surface area contributed by atoms with Crippen LogP contribution in [-0.4, -0.2) is 34.3 Å². The van der Waals surface area contributed by atoms with E-state index in [1.165, 1.54) is 4.90 Å². The lowest BCUT2D eigenvalue weighted by Crippen LogP contribution is -2.57. The molecular weight excluding hydrogens is 258 g/mol. The van der Waals surface area contributed by atoms with Crippen molar-refractivity contribution >= 4 is 11.8 Å². The third kappa shape index (κ3) is 3.18. The standard InChI is InChI=1S/C14H21N3O3/c1-8(2)5-11-14(19)17(6-12(18)16-11)7-13-15-9(3)10(4)20-13/h8,11H,5-7H2,1-4H3,(H,16,18). The Hall–Kier alpha value is -1.85. The molecule has 2 amide bonds. The third-order valence-electron chi connectivity index (χ3n) is 3.39. The number of hydrogen-bond donors (Lipinski definition) is 1. The van der Waals surface area contributed by atoms with Gasteiger partial charge in [0.25, 0.3) is 0 Å². The van der Waals surface area contributed by atoms with Crippen LogP contribution in [-0.2, 0) is 16.1 Å². The maximum atomic E-state index is 12.3. The zero-order valence-corrected chi connectivity index (χ0v) is 12.4. The van der Waals surface area contributed by atoms with Crippen LogP contribution in [0.15, 0.2) is 4.42 Å². The zero-order valence-electron chi connectivity index (χ0n) is 12.4. The van der Waals surface area contributed by atoms with E-state index in [1.807, 2.05) is 27.7 Å². The number of aromatic nitrogens is 1. The van der Waals surface area contributed by atoms with Crippen LogP contribution in [0.2, 0.25) is 0 Å². The molecule has 0 spiro atoms. The minimum atomic E-state index is -0.437. The van der Waals surface area contributed by atoms with Crippen LogP contribution < -0.4 is 5.32 Å². The molecule has 1 fully saturated rings. The van der Waals surface area contributed by atoms with Crippen molar-refractivity contribution in [1.29, 1.82) is 0 Å². The van der Waals surface area contributed by atoms with Crippen molar-refractivity contribution in [2.75, 3.05) is 6.54 Å². The van der Waals surface area contributed by atoms with Gasteiger partial charge in [-0.2, -0.15) is 0 Å². The van der Waals surface area contributed by atoms with E-state index < -0.39 is 6.04 Å². The summed E-state index contributed by atoms with van der Waals surface area (Å²) in [5.74, 6) is 1.37. The van der Waals surface area contributed by atoms with Crippen molar-refractivity contribution in [3.05, 3.63) is 17.3 Å². The minimum Gasteiger partial charge on any atom is -0.444 e.